The standard InChI is InChI=1S/C25H30N6OS/c1-4-19-20(15-26)24(30(3)13-14-31-12-8-9-17(31)2)29-25(21(19)16-27)33-22(23(28)32)18-10-6-5-7-11-18/h5-7,10-11,17,22H,4,8-9,12-14H2,1-3H3,(H2,28,32)/t17-,22?/m0/s1. The lowest BCUT2D eigenvalue weighted by Gasteiger charge is -2.27. The van der Waals surface area contributed by atoms with Gasteiger partial charge in [-0.3, -0.25) is 9.69 Å². The summed E-state index contributed by atoms with van der Waals surface area (Å²) in [6, 6.07) is 14.3. The highest BCUT2D eigenvalue weighted by Gasteiger charge is 2.27. The van der Waals surface area contributed by atoms with Crippen LogP contribution in [0.15, 0.2) is 35.4 Å². The van der Waals surface area contributed by atoms with Crippen molar-refractivity contribution in [2.24, 2.45) is 5.73 Å². The highest BCUT2D eigenvalue weighted by atomic mass is 32.2. The van der Waals surface area contributed by atoms with E-state index < -0.39 is 11.2 Å². The summed E-state index contributed by atoms with van der Waals surface area (Å²) in [5.41, 5.74) is 7.89. The van der Waals surface area contributed by atoms with Gasteiger partial charge in [0.2, 0.25) is 5.91 Å². The number of hydrogen-bond acceptors (Lipinski definition) is 7. The maximum Gasteiger partial charge on any atom is 0.235 e. The summed E-state index contributed by atoms with van der Waals surface area (Å²) in [5.74, 6) is 0.0382. The fourth-order valence-corrected chi connectivity index (χ4v) is 5.34. The molecule has 0 saturated carbocycles. The van der Waals surface area contributed by atoms with Crippen molar-refractivity contribution in [2.45, 2.75) is 49.4 Å². The molecule has 2 atom stereocenters. The smallest absolute Gasteiger partial charge is 0.235 e. The third-order valence-electron chi connectivity index (χ3n) is 6.19. The van der Waals surface area contributed by atoms with E-state index in [0.717, 1.165) is 18.7 Å². The minimum Gasteiger partial charge on any atom is -0.368 e. The lowest BCUT2D eigenvalue weighted by molar-refractivity contribution is -0.117. The molecule has 3 rings (SSSR count). The number of amides is 1. The maximum absolute atomic E-state index is 12.3. The van der Waals surface area contributed by atoms with Crippen LogP contribution in [-0.2, 0) is 11.2 Å². The van der Waals surface area contributed by atoms with Crippen molar-refractivity contribution >= 4 is 23.5 Å². The summed E-state index contributed by atoms with van der Waals surface area (Å²) in [6.45, 7) is 6.83. The largest absolute Gasteiger partial charge is 0.368 e. The van der Waals surface area contributed by atoms with E-state index in [0.29, 0.717) is 46.5 Å². The molecule has 2 heterocycles. The van der Waals surface area contributed by atoms with Crippen LogP contribution < -0.4 is 10.6 Å². The Kier molecular flexibility index (Phi) is 8.32. The number of anilines is 1. The Morgan fingerprint density at radius 2 is 2.00 bits per heavy atom. The number of pyridine rings is 1. The van der Waals surface area contributed by atoms with Crippen molar-refractivity contribution < 1.29 is 4.79 Å². The van der Waals surface area contributed by atoms with Crippen molar-refractivity contribution in [1.29, 1.82) is 10.5 Å². The number of aromatic nitrogens is 1. The number of nitrogens with two attached hydrogens (primary N) is 1. The van der Waals surface area contributed by atoms with Crippen LogP contribution in [0.2, 0.25) is 0 Å². The summed E-state index contributed by atoms with van der Waals surface area (Å²) < 4.78 is 0. The van der Waals surface area contributed by atoms with Gasteiger partial charge in [-0.2, -0.15) is 10.5 Å². The van der Waals surface area contributed by atoms with Gasteiger partial charge in [-0.25, -0.2) is 4.98 Å². The molecule has 1 aliphatic heterocycles. The van der Waals surface area contributed by atoms with Gasteiger partial charge in [0.15, 0.2) is 0 Å². The Hall–Kier alpha value is -3.07. The zero-order valence-corrected chi connectivity index (χ0v) is 20.2. The van der Waals surface area contributed by atoms with Gasteiger partial charge in [-0.05, 0) is 43.9 Å². The molecule has 1 aromatic heterocycles. The third-order valence-corrected chi connectivity index (χ3v) is 7.45. The van der Waals surface area contributed by atoms with Crippen molar-refractivity contribution in [2.75, 3.05) is 31.6 Å². The molecular weight excluding hydrogens is 432 g/mol. The zero-order valence-electron chi connectivity index (χ0n) is 19.4. The van der Waals surface area contributed by atoms with E-state index in [4.69, 9.17) is 10.7 Å². The van der Waals surface area contributed by atoms with Crippen LogP contribution in [-0.4, -0.2) is 48.5 Å². The second-order valence-electron chi connectivity index (χ2n) is 8.31. The fraction of sp³-hybridized carbons (Fsp3) is 0.440. The fourth-order valence-electron chi connectivity index (χ4n) is 4.28. The lowest BCUT2D eigenvalue weighted by Crippen LogP contribution is -2.35. The van der Waals surface area contributed by atoms with Crippen LogP contribution in [0.1, 0.15) is 54.2 Å². The topological polar surface area (TPSA) is 110 Å². The molecule has 7 nitrogen and oxygen atoms in total. The number of rotatable bonds is 9. The van der Waals surface area contributed by atoms with Crippen LogP contribution in [0.25, 0.3) is 0 Å². The molecule has 1 aliphatic rings. The van der Waals surface area contributed by atoms with Gasteiger partial charge in [0.25, 0.3) is 0 Å². The number of benzene rings is 1. The molecule has 1 saturated heterocycles. The van der Waals surface area contributed by atoms with Crippen molar-refractivity contribution in [3.05, 3.63) is 52.6 Å². The first-order valence-corrected chi connectivity index (χ1v) is 12.1. The molecule has 1 fully saturated rings. The summed E-state index contributed by atoms with van der Waals surface area (Å²) in [7, 11) is 1.92. The van der Waals surface area contributed by atoms with Gasteiger partial charge < -0.3 is 10.6 Å². The van der Waals surface area contributed by atoms with Gasteiger partial charge in [0, 0.05) is 26.2 Å². The molecule has 0 radical (unpaired) electrons. The number of nitrogens with zero attached hydrogens (tertiary/aromatic N) is 5. The van der Waals surface area contributed by atoms with E-state index in [2.05, 4.69) is 24.0 Å². The molecule has 0 aliphatic carbocycles. The molecule has 33 heavy (non-hydrogen) atoms. The average molecular weight is 463 g/mol. The summed E-state index contributed by atoms with van der Waals surface area (Å²) in [4.78, 5) is 21.5. The quantitative estimate of drug-likeness (QED) is 0.567. The summed E-state index contributed by atoms with van der Waals surface area (Å²) >= 11 is 1.17. The van der Waals surface area contributed by atoms with Crippen LogP contribution >= 0.6 is 11.8 Å². The number of likely N-dealkylation sites (tertiary alicyclic amines) is 1. The Morgan fingerprint density at radius 1 is 1.30 bits per heavy atom. The van der Waals surface area contributed by atoms with Crippen LogP contribution in [0.4, 0.5) is 5.82 Å². The first-order chi connectivity index (χ1) is 15.9. The Morgan fingerprint density at radius 3 is 2.55 bits per heavy atom. The number of carbonyl (C=O) groups excluding carboxylic acids is 1. The van der Waals surface area contributed by atoms with Crippen LogP contribution in [0.5, 0.6) is 0 Å². The molecule has 2 N–H and O–H groups in total. The second-order valence-corrected chi connectivity index (χ2v) is 9.40. The average Bonchev–Trinajstić information content (AvgIpc) is 3.24. The Bertz CT molecular complexity index is 1080. The van der Waals surface area contributed by atoms with E-state index in [1.54, 1.807) is 0 Å². The maximum atomic E-state index is 12.3. The van der Waals surface area contributed by atoms with E-state index in [9.17, 15) is 15.3 Å². The van der Waals surface area contributed by atoms with Gasteiger partial charge in [-0.15, -0.1) is 0 Å². The van der Waals surface area contributed by atoms with Crippen LogP contribution in [0, 0.1) is 22.7 Å². The van der Waals surface area contributed by atoms with Gasteiger partial charge in [0.1, 0.15) is 28.2 Å². The van der Waals surface area contributed by atoms with Gasteiger partial charge in [0.05, 0.1) is 11.1 Å². The SMILES string of the molecule is CCc1c(C#N)c(SC(C(N)=O)c2ccccc2)nc(N(C)CCN2CCC[C@@H]2C)c1C#N. The molecule has 0 spiro atoms. The number of thioether (sulfide) groups is 1. The molecule has 1 amide bonds. The molecule has 8 heteroatoms. The van der Waals surface area contributed by atoms with E-state index >= 15 is 0 Å². The normalized spacial score (nSPS) is 16.7. The number of nitriles is 2. The number of carbonyl (C=O) groups is 1. The Balaban J connectivity index is 2.00. The monoisotopic (exact) mass is 462 g/mol. The number of likely N-dealkylation sites (N-methyl/N-ethyl adjacent to an activating group) is 1. The predicted octanol–water partition coefficient (Wildman–Crippen LogP) is 3.63. The minimum absolute atomic E-state index is 0.339. The van der Waals surface area contributed by atoms with Gasteiger partial charge in [-0.1, -0.05) is 49.0 Å². The molecular formula is C25H30N6OS. The van der Waals surface area contributed by atoms with E-state index in [-0.39, 0.29) is 0 Å². The number of primary amides is 1. The predicted molar refractivity (Wildman–Crippen MR) is 131 cm³/mol. The summed E-state index contributed by atoms with van der Waals surface area (Å²) in [5, 5.41) is 19.6. The molecule has 1 aromatic carbocycles. The lowest BCUT2D eigenvalue weighted by atomic mass is 10.0. The van der Waals surface area contributed by atoms with Crippen molar-refractivity contribution in [3.8, 4) is 12.1 Å². The van der Waals surface area contributed by atoms with Crippen LogP contribution in [0.3, 0.4) is 0 Å². The third kappa shape index (κ3) is 5.47. The Labute approximate surface area is 200 Å². The van der Waals surface area contributed by atoms with Crippen molar-refractivity contribution in [3.63, 3.8) is 0 Å². The molecule has 1 unspecified atom stereocenters. The molecule has 2 aromatic rings. The minimum atomic E-state index is -0.688. The highest BCUT2D eigenvalue weighted by molar-refractivity contribution is 8.00. The zero-order chi connectivity index (χ0) is 24.0. The molecule has 172 valence electrons. The summed E-state index contributed by atoms with van der Waals surface area (Å²) in [6.07, 6.45) is 2.92. The van der Waals surface area contributed by atoms with E-state index in [1.807, 2.05) is 49.2 Å². The number of hydrogen-bond donors (Lipinski definition) is 1. The second kappa shape index (κ2) is 11.2. The van der Waals surface area contributed by atoms with E-state index in [1.165, 1.54) is 24.6 Å². The highest BCUT2D eigenvalue weighted by Crippen LogP contribution is 2.39. The first kappa shape index (κ1) is 24.6. The van der Waals surface area contributed by atoms with Gasteiger partial charge >= 0.3 is 0 Å². The molecule has 0 bridgehead atoms. The van der Waals surface area contributed by atoms with Crippen molar-refractivity contribution in [1.82, 2.24) is 9.88 Å². The first-order valence-electron chi connectivity index (χ1n) is 11.2.